The second-order valence-corrected chi connectivity index (χ2v) is 8.22. The minimum atomic E-state index is -0.390. The number of halogens is 2. The number of carbonyl (C=O) groups is 2. The zero-order chi connectivity index (χ0) is 24.1. The van der Waals surface area contributed by atoms with Crippen LogP contribution in [0.3, 0.4) is 0 Å². The van der Waals surface area contributed by atoms with Crippen molar-refractivity contribution in [3.05, 3.63) is 90.0 Å². The first-order valence-corrected chi connectivity index (χ1v) is 11.2. The molecule has 0 aliphatic carbocycles. The van der Waals surface area contributed by atoms with Crippen molar-refractivity contribution in [3.63, 3.8) is 0 Å². The molecule has 4 aromatic rings. The Morgan fingerprint density at radius 2 is 1.35 bits per heavy atom. The largest absolute Gasteiger partial charge is 0.326 e. The molecular formula is C25H18F2N4O2S. The first kappa shape index (κ1) is 23.2. The van der Waals surface area contributed by atoms with Crippen LogP contribution in [0.25, 0.3) is 22.5 Å². The SMILES string of the molecule is CC(=O)Nc1ccc(C(=O)CSc2nnc(-c3ccc(F)cc3)c(-c3ccc(F)cc3)n2)cc1. The summed E-state index contributed by atoms with van der Waals surface area (Å²) >= 11 is 1.12. The minimum Gasteiger partial charge on any atom is -0.326 e. The van der Waals surface area contributed by atoms with E-state index in [1.165, 1.54) is 31.2 Å². The highest BCUT2D eigenvalue weighted by molar-refractivity contribution is 7.99. The number of Topliss-reactive ketones (excluding diaryl/α,β-unsaturated/α-hetero) is 1. The summed E-state index contributed by atoms with van der Waals surface area (Å²) in [6, 6.07) is 18.1. The number of nitrogens with zero attached hydrogens (tertiary/aromatic N) is 3. The number of ketones is 1. The smallest absolute Gasteiger partial charge is 0.221 e. The number of hydrogen-bond donors (Lipinski definition) is 1. The first-order valence-electron chi connectivity index (χ1n) is 10.2. The number of carbonyl (C=O) groups excluding carboxylic acids is 2. The van der Waals surface area contributed by atoms with Crippen LogP contribution < -0.4 is 5.32 Å². The van der Waals surface area contributed by atoms with E-state index in [1.807, 2.05) is 0 Å². The molecule has 0 unspecified atom stereocenters. The van der Waals surface area contributed by atoms with Crippen LogP contribution in [0.2, 0.25) is 0 Å². The molecule has 0 radical (unpaired) electrons. The molecule has 0 aliphatic rings. The van der Waals surface area contributed by atoms with Gasteiger partial charge in [-0.05, 0) is 72.8 Å². The van der Waals surface area contributed by atoms with E-state index in [0.29, 0.717) is 33.8 Å². The van der Waals surface area contributed by atoms with E-state index in [0.717, 1.165) is 11.8 Å². The van der Waals surface area contributed by atoms with Crippen molar-refractivity contribution in [2.24, 2.45) is 0 Å². The van der Waals surface area contributed by atoms with Crippen molar-refractivity contribution in [2.45, 2.75) is 12.1 Å². The summed E-state index contributed by atoms with van der Waals surface area (Å²) in [6.07, 6.45) is 0. The topological polar surface area (TPSA) is 84.8 Å². The summed E-state index contributed by atoms with van der Waals surface area (Å²) in [5.41, 5.74) is 3.15. The molecular weight excluding hydrogens is 458 g/mol. The van der Waals surface area contributed by atoms with Gasteiger partial charge in [0, 0.05) is 29.3 Å². The second kappa shape index (κ2) is 10.3. The molecule has 3 aromatic carbocycles. The van der Waals surface area contributed by atoms with Crippen LogP contribution in [0.1, 0.15) is 17.3 Å². The van der Waals surface area contributed by atoms with E-state index in [1.54, 1.807) is 48.5 Å². The summed E-state index contributed by atoms with van der Waals surface area (Å²) in [5, 5.41) is 11.3. The summed E-state index contributed by atoms with van der Waals surface area (Å²) in [4.78, 5) is 28.3. The Balaban J connectivity index is 1.57. The number of hydrogen-bond acceptors (Lipinski definition) is 6. The van der Waals surface area contributed by atoms with Crippen LogP contribution in [0.4, 0.5) is 14.5 Å². The van der Waals surface area contributed by atoms with Gasteiger partial charge >= 0.3 is 0 Å². The van der Waals surface area contributed by atoms with Gasteiger partial charge in [0.15, 0.2) is 5.78 Å². The van der Waals surface area contributed by atoms with Gasteiger partial charge in [0.25, 0.3) is 0 Å². The van der Waals surface area contributed by atoms with Crippen molar-refractivity contribution in [2.75, 3.05) is 11.1 Å². The first-order chi connectivity index (χ1) is 16.4. The third kappa shape index (κ3) is 5.68. The van der Waals surface area contributed by atoms with Crippen molar-refractivity contribution < 1.29 is 18.4 Å². The van der Waals surface area contributed by atoms with Gasteiger partial charge in [-0.1, -0.05) is 11.8 Å². The summed E-state index contributed by atoms with van der Waals surface area (Å²) in [5.74, 6) is -1.04. The predicted octanol–water partition coefficient (Wildman–Crippen LogP) is 5.42. The standard InChI is InChI=1S/C25H18F2N4O2S/c1-15(32)28-21-12-6-16(7-13-21)22(33)14-34-25-29-23(17-2-8-19(26)9-3-17)24(30-31-25)18-4-10-20(27)11-5-18/h2-13H,14H2,1H3,(H,28,32). The average Bonchev–Trinajstić information content (AvgIpc) is 2.83. The molecule has 0 fully saturated rings. The number of benzene rings is 3. The van der Waals surface area contributed by atoms with Crippen molar-refractivity contribution in [1.82, 2.24) is 15.2 Å². The molecule has 1 N–H and O–H groups in total. The zero-order valence-corrected chi connectivity index (χ0v) is 18.8. The monoisotopic (exact) mass is 476 g/mol. The Hall–Kier alpha value is -3.98. The highest BCUT2D eigenvalue weighted by Gasteiger charge is 2.16. The zero-order valence-electron chi connectivity index (χ0n) is 18.0. The maximum absolute atomic E-state index is 13.5. The molecule has 1 aromatic heterocycles. The molecule has 0 bridgehead atoms. The molecule has 0 aliphatic heterocycles. The highest BCUT2D eigenvalue weighted by atomic mass is 32.2. The van der Waals surface area contributed by atoms with Crippen LogP contribution in [-0.2, 0) is 4.79 Å². The Kier molecular flexibility index (Phi) is 7.03. The van der Waals surface area contributed by atoms with Crippen molar-refractivity contribution in [3.8, 4) is 22.5 Å². The van der Waals surface area contributed by atoms with E-state index in [-0.39, 0.29) is 34.2 Å². The number of aromatic nitrogens is 3. The lowest BCUT2D eigenvalue weighted by Gasteiger charge is -2.09. The Morgan fingerprint density at radius 1 is 0.794 bits per heavy atom. The van der Waals surface area contributed by atoms with Crippen LogP contribution in [0, 0.1) is 11.6 Å². The van der Waals surface area contributed by atoms with Crippen LogP contribution in [-0.4, -0.2) is 32.6 Å². The Bertz CT molecular complexity index is 1330. The number of anilines is 1. The highest BCUT2D eigenvalue weighted by Crippen LogP contribution is 2.30. The van der Waals surface area contributed by atoms with E-state index in [2.05, 4.69) is 20.5 Å². The van der Waals surface area contributed by atoms with Gasteiger partial charge in [-0.2, -0.15) is 0 Å². The van der Waals surface area contributed by atoms with Gasteiger partial charge in [-0.25, -0.2) is 13.8 Å². The molecule has 6 nitrogen and oxygen atoms in total. The normalized spacial score (nSPS) is 10.7. The number of amides is 1. The molecule has 0 saturated carbocycles. The van der Waals surface area contributed by atoms with E-state index in [4.69, 9.17) is 0 Å². The second-order valence-electron chi connectivity index (χ2n) is 7.28. The van der Waals surface area contributed by atoms with Gasteiger partial charge < -0.3 is 5.32 Å². The summed E-state index contributed by atoms with van der Waals surface area (Å²) in [6.45, 7) is 1.41. The average molecular weight is 477 g/mol. The van der Waals surface area contributed by atoms with Gasteiger partial charge in [0.05, 0.1) is 5.75 Å². The molecule has 0 saturated heterocycles. The van der Waals surface area contributed by atoms with Crippen LogP contribution >= 0.6 is 11.8 Å². The molecule has 34 heavy (non-hydrogen) atoms. The number of rotatable bonds is 7. The lowest BCUT2D eigenvalue weighted by molar-refractivity contribution is -0.114. The molecule has 1 heterocycles. The molecule has 170 valence electrons. The minimum absolute atomic E-state index is 0.0694. The molecule has 4 rings (SSSR count). The van der Waals surface area contributed by atoms with Gasteiger partial charge in [-0.3, -0.25) is 9.59 Å². The van der Waals surface area contributed by atoms with E-state index < -0.39 is 0 Å². The van der Waals surface area contributed by atoms with Crippen molar-refractivity contribution in [1.29, 1.82) is 0 Å². The lowest BCUT2D eigenvalue weighted by Crippen LogP contribution is -2.07. The fourth-order valence-corrected chi connectivity index (χ4v) is 3.82. The maximum atomic E-state index is 13.5. The molecule has 1 amide bonds. The summed E-state index contributed by atoms with van der Waals surface area (Å²) in [7, 11) is 0. The van der Waals surface area contributed by atoms with Gasteiger partial charge in [0.2, 0.25) is 11.1 Å². The Morgan fingerprint density at radius 3 is 1.91 bits per heavy atom. The third-order valence-electron chi connectivity index (χ3n) is 4.76. The third-order valence-corrected chi connectivity index (χ3v) is 5.60. The van der Waals surface area contributed by atoms with Gasteiger partial charge in [0.1, 0.15) is 23.0 Å². The van der Waals surface area contributed by atoms with Gasteiger partial charge in [-0.15, -0.1) is 10.2 Å². The number of thioether (sulfide) groups is 1. The molecule has 9 heteroatoms. The van der Waals surface area contributed by atoms with Crippen molar-refractivity contribution >= 4 is 29.1 Å². The quantitative estimate of drug-likeness (QED) is 0.283. The Labute approximate surface area is 198 Å². The fraction of sp³-hybridized carbons (Fsp3) is 0.0800. The maximum Gasteiger partial charge on any atom is 0.221 e. The predicted molar refractivity (Wildman–Crippen MR) is 126 cm³/mol. The molecule has 0 atom stereocenters. The van der Waals surface area contributed by atoms with Crippen LogP contribution in [0.15, 0.2) is 78.0 Å². The van der Waals surface area contributed by atoms with E-state index >= 15 is 0 Å². The summed E-state index contributed by atoms with van der Waals surface area (Å²) < 4.78 is 26.8. The fourth-order valence-electron chi connectivity index (χ4n) is 3.14. The number of nitrogens with one attached hydrogen (secondary N) is 1. The molecule has 0 spiro atoms. The van der Waals surface area contributed by atoms with Crippen LogP contribution in [0.5, 0.6) is 0 Å². The van der Waals surface area contributed by atoms with E-state index in [9.17, 15) is 18.4 Å². The lowest BCUT2D eigenvalue weighted by atomic mass is 10.0.